The highest BCUT2D eigenvalue weighted by Gasteiger charge is 2.23. The summed E-state index contributed by atoms with van der Waals surface area (Å²) in [5, 5.41) is 5.70. The molecule has 2 heterocycles. The molecule has 0 saturated heterocycles. The number of nitrogens with zero attached hydrogens (tertiary/aromatic N) is 1. The lowest BCUT2D eigenvalue weighted by atomic mass is 10.1. The number of thiazole rings is 1. The largest absolute Gasteiger partial charge is 0.459 e. The van der Waals surface area contributed by atoms with Gasteiger partial charge in [0.05, 0.1) is 11.7 Å². The minimum Gasteiger partial charge on any atom is -0.459 e. The summed E-state index contributed by atoms with van der Waals surface area (Å²) in [6, 6.07) is 7.47. The normalized spacial score (nSPS) is 10.9. The van der Waals surface area contributed by atoms with Crippen LogP contribution in [0.25, 0.3) is 10.6 Å². The average molecular weight is 383 g/mol. The van der Waals surface area contributed by atoms with Crippen LogP contribution in [0.2, 0.25) is 0 Å². The van der Waals surface area contributed by atoms with Crippen molar-refractivity contribution in [2.24, 2.45) is 0 Å². The number of H-pyrrole nitrogens is 1. The highest BCUT2D eigenvalue weighted by molar-refractivity contribution is 7.13. The maximum absolute atomic E-state index is 12.7. The molecule has 2 N–H and O–H groups in total. The first-order valence-corrected chi connectivity index (χ1v) is 9.46. The van der Waals surface area contributed by atoms with Crippen LogP contribution < -0.4 is 5.32 Å². The van der Waals surface area contributed by atoms with Gasteiger partial charge in [-0.15, -0.1) is 11.3 Å². The third-order valence-corrected chi connectivity index (χ3v) is 4.86. The van der Waals surface area contributed by atoms with Gasteiger partial charge in [0, 0.05) is 28.5 Å². The van der Waals surface area contributed by atoms with Crippen LogP contribution in [0, 0.1) is 13.8 Å². The number of aryl methyl sites for hydroxylation is 1. The Balaban J connectivity index is 1.77. The highest BCUT2D eigenvalue weighted by Crippen LogP contribution is 2.24. The smallest absolute Gasteiger partial charge is 0.340 e. The molecule has 3 rings (SSSR count). The molecule has 0 fully saturated rings. The van der Waals surface area contributed by atoms with Gasteiger partial charge in [-0.25, -0.2) is 9.78 Å². The monoisotopic (exact) mass is 383 g/mol. The van der Waals surface area contributed by atoms with Gasteiger partial charge >= 0.3 is 5.97 Å². The van der Waals surface area contributed by atoms with Crippen molar-refractivity contribution in [1.82, 2.24) is 9.97 Å². The second kappa shape index (κ2) is 7.75. The number of aromatic amines is 1. The van der Waals surface area contributed by atoms with Crippen molar-refractivity contribution in [3.63, 3.8) is 0 Å². The number of nitrogens with one attached hydrogen (secondary N) is 2. The molecule has 0 saturated carbocycles. The second-order valence-electron chi connectivity index (χ2n) is 6.45. The van der Waals surface area contributed by atoms with E-state index in [1.54, 1.807) is 45.2 Å². The van der Waals surface area contributed by atoms with Gasteiger partial charge in [0.15, 0.2) is 0 Å². The summed E-state index contributed by atoms with van der Waals surface area (Å²) in [7, 11) is 0. The summed E-state index contributed by atoms with van der Waals surface area (Å²) in [4.78, 5) is 32.2. The minimum absolute atomic E-state index is 0.222. The van der Waals surface area contributed by atoms with Crippen LogP contribution in [0.4, 0.5) is 5.69 Å². The molecule has 0 aliphatic carbocycles. The van der Waals surface area contributed by atoms with Crippen molar-refractivity contribution >= 4 is 28.9 Å². The van der Waals surface area contributed by atoms with Crippen molar-refractivity contribution in [2.75, 3.05) is 5.32 Å². The van der Waals surface area contributed by atoms with Crippen LogP contribution in [0.1, 0.15) is 46.0 Å². The molecule has 1 aromatic carbocycles. The van der Waals surface area contributed by atoms with E-state index in [1.165, 1.54) is 0 Å². The number of ether oxygens (including phenoxy) is 1. The quantitative estimate of drug-likeness (QED) is 0.632. The molecule has 0 spiro atoms. The van der Waals surface area contributed by atoms with Crippen molar-refractivity contribution < 1.29 is 14.3 Å². The van der Waals surface area contributed by atoms with Crippen LogP contribution in [0.5, 0.6) is 0 Å². The molecule has 2 aromatic heterocycles. The fourth-order valence-electron chi connectivity index (χ4n) is 2.81. The number of benzene rings is 1. The molecule has 140 valence electrons. The molecule has 0 atom stereocenters. The van der Waals surface area contributed by atoms with Crippen LogP contribution in [0.15, 0.2) is 35.8 Å². The van der Waals surface area contributed by atoms with Crippen molar-refractivity contribution in [1.29, 1.82) is 0 Å². The first kappa shape index (κ1) is 18.8. The fraction of sp³-hybridized carbons (Fsp3) is 0.250. The van der Waals surface area contributed by atoms with E-state index in [9.17, 15) is 9.59 Å². The van der Waals surface area contributed by atoms with E-state index < -0.39 is 5.97 Å². The predicted octanol–water partition coefficient (Wildman–Crippen LogP) is 4.57. The van der Waals surface area contributed by atoms with E-state index >= 15 is 0 Å². The van der Waals surface area contributed by atoms with Crippen molar-refractivity contribution in [2.45, 2.75) is 33.8 Å². The van der Waals surface area contributed by atoms with Gasteiger partial charge in [0.1, 0.15) is 10.7 Å². The summed E-state index contributed by atoms with van der Waals surface area (Å²) in [6.07, 6.45) is 1.54. The molecule has 1 amide bonds. The first-order valence-electron chi connectivity index (χ1n) is 8.58. The van der Waals surface area contributed by atoms with Gasteiger partial charge in [-0.1, -0.05) is 0 Å². The third-order valence-electron chi connectivity index (χ3n) is 4.03. The maximum Gasteiger partial charge on any atom is 0.340 e. The summed E-state index contributed by atoms with van der Waals surface area (Å²) in [6.45, 7) is 7.07. The molecular formula is C20H21N3O3S. The number of rotatable bonds is 5. The molecular weight excluding hydrogens is 362 g/mol. The Hall–Kier alpha value is -2.93. The number of amides is 1. The lowest BCUT2D eigenvalue weighted by Crippen LogP contribution is -2.15. The number of esters is 1. The van der Waals surface area contributed by atoms with Gasteiger partial charge in [0.2, 0.25) is 0 Å². The Morgan fingerprint density at radius 1 is 1.19 bits per heavy atom. The molecule has 0 aliphatic rings. The molecule has 3 aromatic rings. The summed E-state index contributed by atoms with van der Waals surface area (Å²) >= 11 is 1.56. The SMILES string of the molecule is Cc1[nH]c(C(=O)Nc2ccc(-c3nccs3)cc2)c(C)c1C(=O)OC(C)C. The third kappa shape index (κ3) is 4.09. The number of anilines is 1. The standard InChI is InChI=1S/C20H21N3O3S/c1-11(2)26-20(25)16-12(3)17(22-13(16)4)18(24)23-15-7-5-14(6-8-15)19-21-9-10-27-19/h5-11,22H,1-4H3,(H,23,24). The Kier molecular flexibility index (Phi) is 5.41. The Morgan fingerprint density at radius 3 is 2.48 bits per heavy atom. The number of carbonyl (C=O) groups is 2. The zero-order valence-electron chi connectivity index (χ0n) is 15.6. The van der Waals surface area contributed by atoms with Crippen LogP contribution in [-0.4, -0.2) is 27.9 Å². The van der Waals surface area contributed by atoms with E-state index in [-0.39, 0.29) is 12.0 Å². The highest BCUT2D eigenvalue weighted by atomic mass is 32.1. The molecule has 6 nitrogen and oxygen atoms in total. The number of hydrogen-bond donors (Lipinski definition) is 2. The number of carbonyl (C=O) groups excluding carboxylic acids is 2. The van der Waals surface area contributed by atoms with Crippen LogP contribution >= 0.6 is 11.3 Å². The lowest BCUT2D eigenvalue weighted by Gasteiger charge is -2.08. The first-order chi connectivity index (χ1) is 12.9. The number of aromatic nitrogens is 2. The summed E-state index contributed by atoms with van der Waals surface area (Å²) in [5.74, 6) is -0.732. The minimum atomic E-state index is -0.428. The molecule has 0 radical (unpaired) electrons. The van der Waals surface area contributed by atoms with E-state index in [2.05, 4.69) is 15.3 Å². The summed E-state index contributed by atoms with van der Waals surface area (Å²) < 4.78 is 5.26. The zero-order valence-corrected chi connectivity index (χ0v) is 16.4. The topological polar surface area (TPSA) is 84.1 Å². The Bertz CT molecular complexity index is 957. The van der Waals surface area contributed by atoms with E-state index in [1.807, 2.05) is 29.6 Å². The van der Waals surface area contributed by atoms with Crippen LogP contribution in [-0.2, 0) is 4.74 Å². The molecule has 0 aliphatic heterocycles. The second-order valence-corrected chi connectivity index (χ2v) is 7.34. The van der Waals surface area contributed by atoms with Crippen LogP contribution in [0.3, 0.4) is 0 Å². The molecule has 27 heavy (non-hydrogen) atoms. The van der Waals surface area contributed by atoms with Gasteiger partial charge in [-0.2, -0.15) is 0 Å². The van der Waals surface area contributed by atoms with Gasteiger partial charge in [-0.3, -0.25) is 4.79 Å². The lowest BCUT2D eigenvalue weighted by molar-refractivity contribution is 0.0376. The van der Waals surface area contributed by atoms with Crippen molar-refractivity contribution in [3.05, 3.63) is 58.4 Å². The average Bonchev–Trinajstić information content (AvgIpc) is 3.23. The number of hydrogen-bond acceptors (Lipinski definition) is 5. The summed E-state index contributed by atoms with van der Waals surface area (Å²) in [5.41, 5.74) is 3.62. The molecule has 7 heteroatoms. The maximum atomic E-state index is 12.7. The van der Waals surface area contributed by atoms with Gasteiger partial charge < -0.3 is 15.0 Å². The van der Waals surface area contributed by atoms with E-state index in [0.29, 0.717) is 28.2 Å². The molecule has 0 bridgehead atoms. The predicted molar refractivity (Wildman–Crippen MR) is 106 cm³/mol. The van der Waals surface area contributed by atoms with Crippen molar-refractivity contribution in [3.8, 4) is 10.6 Å². The fourth-order valence-corrected chi connectivity index (χ4v) is 3.46. The van der Waals surface area contributed by atoms with E-state index in [0.717, 1.165) is 10.6 Å². The zero-order chi connectivity index (χ0) is 19.6. The Morgan fingerprint density at radius 2 is 1.89 bits per heavy atom. The Labute approximate surface area is 161 Å². The van der Waals surface area contributed by atoms with Gasteiger partial charge in [-0.05, 0) is 57.5 Å². The van der Waals surface area contributed by atoms with E-state index in [4.69, 9.17) is 4.74 Å². The molecule has 0 unspecified atom stereocenters. The van der Waals surface area contributed by atoms with Gasteiger partial charge in [0.25, 0.3) is 5.91 Å².